The van der Waals surface area contributed by atoms with Gasteiger partial charge < -0.3 is 4.98 Å². The lowest BCUT2D eigenvalue weighted by atomic mass is 9.68. The van der Waals surface area contributed by atoms with E-state index in [4.69, 9.17) is 4.98 Å². The molecule has 2 saturated carbocycles. The van der Waals surface area contributed by atoms with Crippen molar-refractivity contribution >= 4 is 16.8 Å². The first-order valence-electron chi connectivity index (χ1n) is 8.40. The van der Waals surface area contributed by atoms with E-state index in [1.807, 2.05) is 0 Å². The number of rotatable bonds is 2. The highest BCUT2D eigenvalue weighted by Crippen LogP contribution is 2.64. The van der Waals surface area contributed by atoms with Gasteiger partial charge in [-0.05, 0) is 47.8 Å². The minimum Gasteiger partial charge on any atom is -0.341 e. The second-order valence-electron chi connectivity index (χ2n) is 8.01. The van der Waals surface area contributed by atoms with E-state index < -0.39 is 5.41 Å². The summed E-state index contributed by atoms with van der Waals surface area (Å²) in [7, 11) is 0. The van der Waals surface area contributed by atoms with Crippen molar-refractivity contribution in [1.82, 2.24) is 9.97 Å². The van der Waals surface area contributed by atoms with Gasteiger partial charge in [0.05, 0.1) is 16.4 Å². The molecule has 0 saturated heterocycles. The molecule has 2 unspecified atom stereocenters. The Bertz CT molecular complexity index is 771. The monoisotopic (exact) mass is 296 g/mol. The van der Waals surface area contributed by atoms with E-state index >= 15 is 0 Å². The van der Waals surface area contributed by atoms with Crippen LogP contribution in [0.5, 0.6) is 0 Å². The molecule has 2 bridgehead atoms. The molecule has 3 nitrogen and oxygen atoms in total. The number of imidazole rings is 1. The summed E-state index contributed by atoms with van der Waals surface area (Å²) in [5.74, 6) is 2.30. The van der Waals surface area contributed by atoms with Crippen molar-refractivity contribution in [2.75, 3.05) is 0 Å². The summed E-state index contributed by atoms with van der Waals surface area (Å²) in [4.78, 5) is 21.1. The first-order valence-corrected chi connectivity index (χ1v) is 8.40. The Balaban J connectivity index is 1.89. The normalized spacial score (nSPS) is 29.9. The van der Waals surface area contributed by atoms with Crippen molar-refractivity contribution in [3.8, 4) is 0 Å². The van der Waals surface area contributed by atoms with E-state index in [1.54, 1.807) is 0 Å². The fourth-order valence-electron chi connectivity index (χ4n) is 4.82. The third kappa shape index (κ3) is 1.52. The topological polar surface area (TPSA) is 45.8 Å². The number of nitrogens with one attached hydrogen (secondary N) is 1. The highest BCUT2D eigenvalue weighted by molar-refractivity contribution is 5.95. The molecule has 2 aliphatic carbocycles. The summed E-state index contributed by atoms with van der Waals surface area (Å²) >= 11 is 0. The van der Waals surface area contributed by atoms with E-state index in [-0.39, 0.29) is 5.41 Å². The average molecular weight is 296 g/mol. The average Bonchev–Trinajstić information content (AvgIpc) is 3.04. The number of hydrogen-bond acceptors (Lipinski definition) is 2. The minimum absolute atomic E-state index is 0.0127. The summed E-state index contributed by atoms with van der Waals surface area (Å²) < 4.78 is 0. The standard InChI is InChI=1S/C19H24N2O/c1-11(2)12-5-6-14-15(9-12)21-17(20-14)19-8-7-13(10-16(19)22)18(19,3)4/h5-6,9,11,13H,7-8,10H2,1-4H3,(H,20,21). The molecule has 2 atom stereocenters. The highest BCUT2D eigenvalue weighted by Gasteiger charge is 2.66. The van der Waals surface area contributed by atoms with Crippen LogP contribution in [0.1, 0.15) is 64.3 Å². The number of hydrogen-bond donors (Lipinski definition) is 1. The number of aromatic amines is 1. The highest BCUT2D eigenvalue weighted by atomic mass is 16.1. The van der Waals surface area contributed by atoms with Crippen LogP contribution >= 0.6 is 0 Å². The second-order valence-corrected chi connectivity index (χ2v) is 8.01. The van der Waals surface area contributed by atoms with Crippen molar-refractivity contribution in [2.45, 2.75) is 58.3 Å². The van der Waals surface area contributed by atoms with Crippen molar-refractivity contribution in [2.24, 2.45) is 11.3 Å². The number of nitrogens with zero attached hydrogens (tertiary/aromatic N) is 1. The summed E-state index contributed by atoms with van der Waals surface area (Å²) in [6.07, 6.45) is 2.81. The zero-order valence-electron chi connectivity index (χ0n) is 13.9. The fraction of sp³-hybridized carbons (Fsp3) is 0.579. The number of fused-ring (bicyclic) bond motifs is 3. The third-order valence-corrected chi connectivity index (χ3v) is 6.47. The van der Waals surface area contributed by atoms with Crippen LogP contribution in [0.3, 0.4) is 0 Å². The van der Waals surface area contributed by atoms with Crippen molar-refractivity contribution in [3.63, 3.8) is 0 Å². The van der Waals surface area contributed by atoms with Crippen LogP contribution in [0.25, 0.3) is 11.0 Å². The number of H-pyrrole nitrogens is 1. The Morgan fingerprint density at radius 3 is 2.68 bits per heavy atom. The second kappa shape index (κ2) is 4.21. The Labute approximate surface area is 131 Å². The quantitative estimate of drug-likeness (QED) is 0.896. The molecule has 1 heterocycles. The van der Waals surface area contributed by atoms with Crippen LogP contribution in [0, 0.1) is 11.3 Å². The van der Waals surface area contributed by atoms with Crippen molar-refractivity contribution < 1.29 is 4.79 Å². The van der Waals surface area contributed by atoms with Gasteiger partial charge in [-0.3, -0.25) is 4.79 Å². The summed E-state index contributed by atoms with van der Waals surface area (Å²) in [5.41, 5.74) is 2.97. The number of Topliss-reactive ketones (excluding diaryl/α,β-unsaturated/α-hetero) is 1. The van der Waals surface area contributed by atoms with Crippen molar-refractivity contribution in [1.29, 1.82) is 0 Å². The van der Waals surface area contributed by atoms with E-state index in [1.165, 1.54) is 5.56 Å². The van der Waals surface area contributed by atoms with Crippen LogP contribution in [0.15, 0.2) is 18.2 Å². The zero-order chi connectivity index (χ0) is 15.7. The van der Waals surface area contributed by atoms with E-state index in [0.29, 0.717) is 17.6 Å². The van der Waals surface area contributed by atoms with E-state index in [9.17, 15) is 4.79 Å². The number of aromatic nitrogens is 2. The maximum atomic E-state index is 12.8. The Morgan fingerprint density at radius 2 is 2.09 bits per heavy atom. The molecule has 3 heteroatoms. The number of carbonyl (C=O) groups is 1. The van der Waals surface area contributed by atoms with Crippen LogP contribution in [-0.4, -0.2) is 15.8 Å². The smallest absolute Gasteiger partial charge is 0.147 e. The van der Waals surface area contributed by atoms with E-state index in [2.05, 4.69) is 50.9 Å². The first-order chi connectivity index (χ1) is 10.4. The Kier molecular flexibility index (Phi) is 2.68. The van der Waals surface area contributed by atoms with Gasteiger partial charge in [0.15, 0.2) is 0 Å². The maximum Gasteiger partial charge on any atom is 0.147 e. The lowest BCUT2D eigenvalue weighted by molar-refractivity contribution is -0.124. The molecule has 2 aromatic rings. The largest absolute Gasteiger partial charge is 0.341 e. The summed E-state index contributed by atoms with van der Waals surface area (Å²) in [6.45, 7) is 8.90. The maximum absolute atomic E-state index is 12.8. The van der Waals surface area contributed by atoms with Gasteiger partial charge >= 0.3 is 0 Å². The molecule has 116 valence electrons. The summed E-state index contributed by atoms with van der Waals surface area (Å²) in [5, 5.41) is 0. The molecular weight excluding hydrogens is 272 g/mol. The van der Waals surface area contributed by atoms with Gasteiger partial charge in [-0.2, -0.15) is 0 Å². The molecule has 0 radical (unpaired) electrons. The molecule has 0 amide bonds. The van der Waals surface area contributed by atoms with Crippen LogP contribution in [0.4, 0.5) is 0 Å². The lowest BCUT2D eigenvalue weighted by Crippen LogP contribution is -2.41. The van der Waals surface area contributed by atoms with Gasteiger partial charge in [-0.25, -0.2) is 4.98 Å². The zero-order valence-corrected chi connectivity index (χ0v) is 13.9. The van der Waals surface area contributed by atoms with Crippen LogP contribution in [0.2, 0.25) is 0 Å². The molecule has 2 aliphatic rings. The number of carbonyl (C=O) groups excluding carboxylic acids is 1. The fourth-order valence-corrected chi connectivity index (χ4v) is 4.82. The van der Waals surface area contributed by atoms with Gasteiger partial charge in [-0.15, -0.1) is 0 Å². The molecule has 0 aliphatic heterocycles. The first kappa shape index (κ1) is 14.0. The van der Waals surface area contributed by atoms with Gasteiger partial charge in [0.25, 0.3) is 0 Å². The van der Waals surface area contributed by atoms with E-state index in [0.717, 1.165) is 36.1 Å². The molecule has 1 aromatic carbocycles. The van der Waals surface area contributed by atoms with Gasteiger partial charge in [0, 0.05) is 6.42 Å². The molecule has 22 heavy (non-hydrogen) atoms. The van der Waals surface area contributed by atoms with Crippen LogP contribution in [-0.2, 0) is 10.2 Å². The van der Waals surface area contributed by atoms with Gasteiger partial charge in [0.1, 0.15) is 11.6 Å². The predicted molar refractivity (Wildman–Crippen MR) is 88.0 cm³/mol. The molecule has 2 fully saturated rings. The predicted octanol–water partition coefficient (Wildman–Crippen LogP) is 4.33. The lowest BCUT2D eigenvalue weighted by Gasteiger charge is -2.34. The molecular formula is C19H24N2O. The summed E-state index contributed by atoms with van der Waals surface area (Å²) in [6, 6.07) is 6.42. The Hall–Kier alpha value is -1.64. The number of ketones is 1. The minimum atomic E-state index is -0.394. The third-order valence-electron chi connectivity index (χ3n) is 6.47. The molecule has 4 rings (SSSR count). The molecule has 0 spiro atoms. The number of benzene rings is 1. The SMILES string of the molecule is CC(C)c1ccc2nc(C34CCC(CC3=O)C4(C)C)[nH]c2c1. The van der Waals surface area contributed by atoms with Crippen LogP contribution < -0.4 is 0 Å². The molecule has 1 aromatic heterocycles. The Morgan fingerprint density at radius 1 is 1.32 bits per heavy atom. The van der Waals surface area contributed by atoms with Gasteiger partial charge in [-0.1, -0.05) is 33.8 Å². The van der Waals surface area contributed by atoms with Gasteiger partial charge in [0.2, 0.25) is 0 Å². The molecule has 1 N–H and O–H groups in total. The van der Waals surface area contributed by atoms with Crippen molar-refractivity contribution in [3.05, 3.63) is 29.6 Å².